The van der Waals surface area contributed by atoms with Gasteiger partial charge >= 0.3 is 0 Å². The quantitative estimate of drug-likeness (QED) is 0.601. The van der Waals surface area contributed by atoms with Crippen LogP contribution in [-0.4, -0.2) is 57.8 Å². The Morgan fingerprint density at radius 1 is 1.21 bits per heavy atom. The van der Waals surface area contributed by atoms with Crippen molar-refractivity contribution in [3.63, 3.8) is 0 Å². The fourth-order valence-corrected chi connectivity index (χ4v) is 4.59. The summed E-state index contributed by atoms with van der Waals surface area (Å²) in [5.41, 5.74) is 3.22. The fourth-order valence-electron chi connectivity index (χ4n) is 4.59. The minimum Gasteiger partial charge on any atom is -0.352 e. The molecule has 0 spiro atoms. The van der Waals surface area contributed by atoms with Crippen molar-refractivity contribution in [3.8, 4) is 5.82 Å². The van der Waals surface area contributed by atoms with Gasteiger partial charge in [-0.2, -0.15) is 5.10 Å². The number of aromatic nitrogens is 3. The number of nitrogens with one attached hydrogen (secondary N) is 2. The number of aliphatic imine (C=N–C) groups is 1. The maximum atomic E-state index is 4.58. The maximum absolute atomic E-state index is 4.58. The van der Waals surface area contributed by atoms with Crippen molar-refractivity contribution >= 4 is 5.96 Å². The molecule has 4 rings (SSSR count). The largest absolute Gasteiger partial charge is 0.352 e. The van der Waals surface area contributed by atoms with Crippen LogP contribution in [0.4, 0.5) is 0 Å². The minimum absolute atomic E-state index is 0.480. The number of rotatable bonds is 5. The third-order valence-electron chi connectivity index (χ3n) is 6.12. The van der Waals surface area contributed by atoms with Crippen LogP contribution in [0.2, 0.25) is 0 Å². The van der Waals surface area contributed by atoms with E-state index in [0.717, 1.165) is 41.3 Å². The number of hydrogen-bond acceptors (Lipinski definition) is 4. The molecule has 156 valence electrons. The molecule has 1 saturated carbocycles. The van der Waals surface area contributed by atoms with Gasteiger partial charge in [0.1, 0.15) is 0 Å². The van der Waals surface area contributed by atoms with E-state index in [0.29, 0.717) is 12.6 Å². The van der Waals surface area contributed by atoms with Crippen molar-refractivity contribution in [1.29, 1.82) is 0 Å². The van der Waals surface area contributed by atoms with Crippen LogP contribution >= 0.6 is 0 Å². The molecule has 2 N–H and O–H groups in total. The summed E-state index contributed by atoms with van der Waals surface area (Å²) in [5.74, 6) is 1.71. The van der Waals surface area contributed by atoms with Crippen molar-refractivity contribution in [2.24, 2.45) is 4.99 Å². The normalized spacial score (nSPS) is 21.1. The van der Waals surface area contributed by atoms with Gasteiger partial charge in [0.25, 0.3) is 0 Å². The molecule has 1 aliphatic carbocycles. The summed E-state index contributed by atoms with van der Waals surface area (Å²) in [6.07, 6.45) is 8.64. The van der Waals surface area contributed by atoms with Crippen LogP contribution in [0.15, 0.2) is 29.4 Å². The molecule has 7 nitrogen and oxygen atoms in total. The molecular weight excluding hydrogens is 362 g/mol. The average molecular weight is 396 g/mol. The van der Waals surface area contributed by atoms with Gasteiger partial charge in [-0.05, 0) is 50.8 Å². The second-order valence-electron chi connectivity index (χ2n) is 8.35. The summed E-state index contributed by atoms with van der Waals surface area (Å²) in [6.45, 7) is 7.08. The second-order valence-corrected chi connectivity index (χ2v) is 8.35. The summed E-state index contributed by atoms with van der Waals surface area (Å²) < 4.78 is 1.88. The Kier molecular flexibility index (Phi) is 6.13. The van der Waals surface area contributed by atoms with Gasteiger partial charge in [0.2, 0.25) is 0 Å². The molecule has 2 aliphatic rings. The molecule has 1 unspecified atom stereocenters. The molecule has 1 saturated heterocycles. The van der Waals surface area contributed by atoms with E-state index in [9.17, 15) is 0 Å². The number of aryl methyl sites for hydroxylation is 2. The first kappa shape index (κ1) is 19.9. The monoisotopic (exact) mass is 395 g/mol. The summed E-state index contributed by atoms with van der Waals surface area (Å²) in [7, 11) is 1.84. The van der Waals surface area contributed by atoms with Crippen LogP contribution in [0.5, 0.6) is 0 Å². The van der Waals surface area contributed by atoms with Crippen LogP contribution in [0.25, 0.3) is 5.82 Å². The topological polar surface area (TPSA) is 70.4 Å². The van der Waals surface area contributed by atoms with Gasteiger partial charge in [-0.25, -0.2) is 9.67 Å². The predicted molar refractivity (Wildman–Crippen MR) is 116 cm³/mol. The number of likely N-dealkylation sites (tertiary alicyclic amines) is 1. The van der Waals surface area contributed by atoms with Gasteiger partial charge in [-0.3, -0.25) is 9.89 Å². The highest BCUT2D eigenvalue weighted by Crippen LogP contribution is 2.26. The van der Waals surface area contributed by atoms with Crippen molar-refractivity contribution in [3.05, 3.63) is 41.3 Å². The molecule has 7 heteroatoms. The number of guanidine groups is 1. The summed E-state index contributed by atoms with van der Waals surface area (Å²) >= 11 is 0. The Balaban J connectivity index is 1.28. The van der Waals surface area contributed by atoms with Gasteiger partial charge in [0.05, 0.1) is 5.69 Å². The van der Waals surface area contributed by atoms with Crippen LogP contribution in [-0.2, 0) is 6.54 Å². The Morgan fingerprint density at radius 2 is 2.03 bits per heavy atom. The highest BCUT2D eigenvalue weighted by molar-refractivity contribution is 5.80. The molecule has 0 amide bonds. The second kappa shape index (κ2) is 8.95. The Morgan fingerprint density at radius 3 is 2.69 bits per heavy atom. The van der Waals surface area contributed by atoms with Crippen molar-refractivity contribution in [1.82, 2.24) is 30.3 Å². The number of hydrogen-bond donors (Lipinski definition) is 2. The zero-order chi connectivity index (χ0) is 20.2. The standard InChI is InChI=1S/C22H33N7/c1-16-12-17(2)29(27-16)21-9-8-18(13-24-21)14-25-22(23-3)26-19-10-11-28(15-19)20-6-4-5-7-20/h8-9,12-13,19-20H,4-7,10-11,14-15H2,1-3H3,(H2,23,25,26). The van der Waals surface area contributed by atoms with Gasteiger partial charge in [0.15, 0.2) is 11.8 Å². The molecule has 0 bridgehead atoms. The summed E-state index contributed by atoms with van der Waals surface area (Å²) in [4.78, 5) is 11.7. The average Bonchev–Trinajstić information content (AvgIpc) is 3.47. The fraction of sp³-hybridized carbons (Fsp3) is 0.591. The van der Waals surface area contributed by atoms with E-state index in [1.54, 1.807) is 0 Å². The lowest BCUT2D eigenvalue weighted by atomic mass is 10.2. The molecule has 3 heterocycles. The van der Waals surface area contributed by atoms with E-state index < -0.39 is 0 Å². The SMILES string of the molecule is CN=C(NCc1ccc(-n2nc(C)cc2C)nc1)NC1CCN(C2CCCC2)C1. The lowest BCUT2D eigenvalue weighted by Gasteiger charge is -2.24. The summed E-state index contributed by atoms with van der Waals surface area (Å²) in [6, 6.07) is 7.46. The Hall–Kier alpha value is -2.41. The molecule has 29 heavy (non-hydrogen) atoms. The van der Waals surface area contributed by atoms with Gasteiger partial charge in [-0.1, -0.05) is 18.9 Å². The van der Waals surface area contributed by atoms with Gasteiger partial charge in [-0.15, -0.1) is 0 Å². The molecule has 2 aromatic rings. The van der Waals surface area contributed by atoms with Crippen LogP contribution in [0, 0.1) is 13.8 Å². The smallest absolute Gasteiger partial charge is 0.191 e. The lowest BCUT2D eigenvalue weighted by molar-refractivity contribution is 0.242. The number of nitrogens with zero attached hydrogens (tertiary/aromatic N) is 5. The van der Waals surface area contributed by atoms with Gasteiger partial charge < -0.3 is 10.6 Å². The van der Waals surface area contributed by atoms with Gasteiger partial charge in [0, 0.05) is 50.7 Å². The first-order valence-electron chi connectivity index (χ1n) is 10.8. The molecule has 0 radical (unpaired) electrons. The Labute approximate surface area is 173 Å². The molecule has 2 aromatic heterocycles. The van der Waals surface area contributed by atoms with E-state index in [-0.39, 0.29) is 0 Å². The predicted octanol–water partition coefficient (Wildman–Crippen LogP) is 2.57. The highest BCUT2D eigenvalue weighted by atomic mass is 15.3. The molecule has 0 aromatic carbocycles. The highest BCUT2D eigenvalue weighted by Gasteiger charge is 2.30. The first-order valence-corrected chi connectivity index (χ1v) is 10.8. The molecule has 2 fully saturated rings. The molecule has 1 atom stereocenters. The number of pyridine rings is 1. The zero-order valence-electron chi connectivity index (χ0n) is 17.9. The Bertz CT molecular complexity index is 833. The van der Waals surface area contributed by atoms with Crippen molar-refractivity contribution in [2.45, 2.75) is 64.6 Å². The van der Waals surface area contributed by atoms with Crippen molar-refractivity contribution < 1.29 is 0 Å². The third kappa shape index (κ3) is 4.78. The molecule has 1 aliphatic heterocycles. The van der Waals surface area contributed by atoms with Crippen molar-refractivity contribution in [2.75, 3.05) is 20.1 Å². The van der Waals surface area contributed by atoms with E-state index in [2.05, 4.69) is 42.7 Å². The molecular formula is C22H33N7. The van der Waals surface area contributed by atoms with E-state index >= 15 is 0 Å². The summed E-state index contributed by atoms with van der Waals surface area (Å²) in [5, 5.41) is 11.5. The lowest BCUT2D eigenvalue weighted by Crippen LogP contribution is -2.45. The maximum Gasteiger partial charge on any atom is 0.191 e. The first-order chi connectivity index (χ1) is 14.1. The van der Waals surface area contributed by atoms with E-state index in [4.69, 9.17) is 0 Å². The zero-order valence-corrected chi connectivity index (χ0v) is 17.9. The van der Waals surface area contributed by atoms with E-state index in [1.165, 1.54) is 38.6 Å². The van der Waals surface area contributed by atoms with Crippen LogP contribution < -0.4 is 10.6 Å². The van der Waals surface area contributed by atoms with E-state index in [1.807, 2.05) is 37.8 Å². The third-order valence-corrected chi connectivity index (χ3v) is 6.12. The van der Waals surface area contributed by atoms with Crippen LogP contribution in [0.3, 0.4) is 0 Å². The minimum atomic E-state index is 0.480. The van der Waals surface area contributed by atoms with Crippen LogP contribution in [0.1, 0.15) is 49.1 Å².